The Hall–Kier alpha value is 0.310. The van der Waals surface area contributed by atoms with E-state index in [1.54, 1.807) is 0 Å². The Balaban J connectivity index is 3.66. The average Bonchev–Trinajstić information content (AvgIpc) is 2.10. The Bertz CT molecular complexity index is 123. The maximum atomic E-state index is 3.54. The molecule has 0 rings (SSSR count). The van der Waals surface area contributed by atoms with Gasteiger partial charge in [-0.25, -0.2) is 0 Å². The first kappa shape index (κ1) is 14.3. The number of hydrogen-bond acceptors (Lipinski definition) is 2. The Morgan fingerprint density at radius 2 is 1.79 bits per heavy atom. The highest BCUT2D eigenvalue weighted by Crippen LogP contribution is 2.17. The van der Waals surface area contributed by atoms with E-state index in [0.717, 1.165) is 11.8 Å². The third-order valence-corrected chi connectivity index (χ3v) is 3.50. The van der Waals surface area contributed by atoms with Crippen molar-refractivity contribution in [3.8, 4) is 0 Å². The van der Waals surface area contributed by atoms with E-state index in [-0.39, 0.29) is 0 Å². The fraction of sp³-hybridized carbons (Fsp3) is 1.00. The van der Waals surface area contributed by atoms with Crippen molar-refractivity contribution < 1.29 is 0 Å². The molecule has 0 aliphatic heterocycles. The zero-order valence-corrected chi connectivity index (χ0v) is 11.3. The van der Waals surface area contributed by atoms with E-state index < -0.39 is 0 Å². The van der Waals surface area contributed by atoms with Crippen LogP contribution in [0.25, 0.3) is 0 Å². The van der Waals surface area contributed by atoms with Gasteiger partial charge in [0.25, 0.3) is 0 Å². The lowest BCUT2D eigenvalue weighted by molar-refractivity contribution is 0.344. The van der Waals surface area contributed by atoms with E-state index in [2.05, 4.69) is 51.7 Å². The molecule has 0 radical (unpaired) electrons. The van der Waals surface area contributed by atoms with E-state index in [4.69, 9.17) is 0 Å². The fourth-order valence-electron chi connectivity index (χ4n) is 1.44. The molecule has 0 saturated carbocycles. The highest BCUT2D eigenvalue weighted by atomic mass is 32.2. The molecule has 0 amide bonds. The van der Waals surface area contributed by atoms with E-state index in [9.17, 15) is 0 Å². The molecule has 0 fully saturated rings. The van der Waals surface area contributed by atoms with Gasteiger partial charge in [-0.05, 0) is 36.3 Å². The van der Waals surface area contributed by atoms with Crippen LogP contribution in [-0.2, 0) is 0 Å². The summed E-state index contributed by atoms with van der Waals surface area (Å²) in [6, 6.07) is 0.620. The van der Waals surface area contributed by atoms with Gasteiger partial charge in [0.1, 0.15) is 0 Å². The molecule has 2 heteroatoms. The molecule has 0 aliphatic rings. The number of rotatable bonds is 8. The van der Waals surface area contributed by atoms with Gasteiger partial charge in [0.2, 0.25) is 0 Å². The first-order valence-corrected chi connectivity index (χ1v) is 7.04. The van der Waals surface area contributed by atoms with Gasteiger partial charge in [-0.1, -0.05) is 34.6 Å². The lowest BCUT2D eigenvalue weighted by atomic mass is 9.93. The molecule has 14 heavy (non-hydrogen) atoms. The topological polar surface area (TPSA) is 12.0 Å². The summed E-state index contributed by atoms with van der Waals surface area (Å²) in [4.78, 5) is 0. The molecular weight excluding hydrogens is 190 g/mol. The highest BCUT2D eigenvalue weighted by molar-refractivity contribution is 7.99. The van der Waals surface area contributed by atoms with E-state index >= 15 is 0 Å². The van der Waals surface area contributed by atoms with Crippen LogP contribution in [-0.4, -0.2) is 24.1 Å². The van der Waals surface area contributed by atoms with Gasteiger partial charge in [0.05, 0.1) is 0 Å². The lowest BCUT2D eigenvalue weighted by Crippen LogP contribution is -2.31. The van der Waals surface area contributed by atoms with Gasteiger partial charge in [0, 0.05) is 6.04 Å². The quantitative estimate of drug-likeness (QED) is 0.625. The summed E-state index contributed by atoms with van der Waals surface area (Å²) in [5.74, 6) is 4.22. The molecule has 0 heterocycles. The minimum atomic E-state index is 0.620. The van der Waals surface area contributed by atoms with Crippen molar-refractivity contribution in [2.24, 2.45) is 11.8 Å². The first-order valence-electron chi connectivity index (χ1n) is 5.89. The summed E-state index contributed by atoms with van der Waals surface area (Å²) in [7, 11) is 0. The molecule has 0 spiro atoms. The van der Waals surface area contributed by atoms with Crippen LogP contribution < -0.4 is 5.32 Å². The summed E-state index contributed by atoms with van der Waals surface area (Å²) in [5, 5.41) is 3.54. The highest BCUT2D eigenvalue weighted by Gasteiger charge is 2.12. The predicted molar refractivity (Wildman–Crippen MR) is 69.1 cm³/mol. The molecule has 1 nitrogen and oxygen atoms in total. The monoisotopic (exact) mass is 217 g/mol. The first-order chi connectivity index (χ1) is 6.57. The lowest BCUT2D eigenvalue weighted by Gasteiger charge is -2.22. The van der Waals surface area contributed by atoms with Crippen LogP contribution >= 0.6 is 11.8 Å². The minimum absolute atomic E-state index is 0.620. The van der Waals surface area contributed by atoms with Gasteiger partial charge in [-0.2, -0.15) is 11.8 Å². The molecule has 86 valence electrons. The number of nitrogens with one attached hydrogen (secondary N) is 1. The average molecular weight is 217 g/mol. The van der Waals surface area contributed by atoms with Crippen LogP contribution in [0.4, 0.5) is 0 Å². The van der Waals surface area contributed by atoms with Crippen molar-refractivity contribution in [1.82, 2.24) is 5.32 Å². The van der Waals surface area contributed by atoms with Gasteiger partial charge in [-0.3, -0.25) is 0 Å². The van der Waals surface area contributed by atoms with Crippen LogP contribution in [0, 0.1) is 11.8 Å². The van der Waals surface area contributed by atoms with Crippen molar-refractivity contribution in [2.45, 2.75) is 47.1 Å². The van der Waals surface area contributed by atoms with Crippen molar-refractivity contribution in [3.05, 3.63) is 0 Å². The fourth-order valence-corrected chi connectivity index (χ4v) is 2.20. The Morgan fingerprint density at radius 1 is 1.14 bits per heavy atom. The van der Waals surface area contributed by atoms with Gasteiger partial charge >= 0.3 is 0 Å². The standard InChI is InChI=1S/C12H27NS/c1-6-14-8-7-12(10(2)3)9-13-11(4)5/h10-13H,6-9H2,1-5H3. The van der Waals surface area contributed by atoms with Gasteiger partial charge in [-0.15, -0.1) is 0 Å². The molecule has 0 aromatic rings. The molecule has 0 bridgehead atoms. The number of thioether (sulfide) groups is 1. The summed E-state index contributed by atoms with van der Waals surface area (Å²) < 4.78 is 0. The third kappa shape index (κ3) is 7.69. The smallest absolute Gasteiger partial charge is 0.00104 e. The van der Waals surface area contributed by atoms with Crippen LogP contribution in [0.1, 0.15) is 41.0 Å². The molecule has 0 aromatic heterocycles. The Labute approximate surface area is 94.4 Å². The number of hydrogen-bond donors (Lipinski definition) is 1. The molecule has 1 N–H and O–H groups in total. The van der Waals surface area contributed by atoms with Crippen molar-refractivity contribution >= 4 is 11.8 Å². The summed E-state index contributed by atoms with van der Waals surface area (Å²) >= 11 is 2.06. The minimum Gasteiger partial charge on any atom is -0.314 e. The second-order valence-electron chi connectivity index (χ2n) is 4.55. The van der Waals surface area contributed by atoms with Gasteiger partial charge < -0.3 is 5.32 Å². The zero-order valence-electron chi connectivity index (χ0n) is 10.5. The third-order valence-electron chi connectivity index (χ3n) is 2.57. The van der Waals surface area contributed by atoms with E-state index in [0.29, 0.717) is 6.04 Å². The maximum absolute atomic E-state index is 3.54. The Morgan fingerprint density at radius 3 is 2.21 bits per heavy atom. The second kappa shape index (κ2) is 8.60. The van der Waals surface area contributed by atoms with Crippen LogP contribution in [0.5, 0.6) is 0 Å². The van der Waals surface area contributed by atoms with Crippen molar-refractivity contribution in [2.75, 3.05) is 18.1 Å². The van der Waals surface area contributed by atoms with Crippen LogP contribution in [0.2, 0.25) is 0 Å². The zero-order chi connectivity index (χ0) is 11.0. The molecule has 1 unspecified atom stereocenters. The van der Waals surface area contributed by atoms with Crippen molar-refractivity contribution in [1.29, 1.82) is 0 Å². The van der Waals surface area contributed by atoms with Crippen LogP contribution in [0.15, 0.2) is 0 Å². The molecule has 0 saturated heterocycles. The maximum Gasteiger partial charge on any atom is 0.00104 e. The largest absolute Gasteiger partial charge is 0.314 e. The summed E-state index contributed by atoms with van der Waals surface area (Å²) in [6.07, 6.45) is 1.36. The second-order valence-corrected chi connectivity index (χ2v) is 5.95. The van der Waals surface area contributed by atoms with E-state index in [1.165, 1.54) is 24.5 Å². The van der Waals surface area contributed by atoms with Crippen LogP contribution in [0.3, 0.4) is 0 Å². The molecule has 0 aliphatic carbocycles. The van der Waals surface area contributed by atoms with E-state index in [1.807, 2.05) is 0 Å². The molecule has 0 aromatic carbocycles. The Kier molecular flexibility index (Phi) is 8.80. The SMILES string of the molecule is CCSCCC(CNC(C)C)C(C)C. The summed E-state index contributed by atoms with van der Waals surface area (Å²) in [6.45, 7) is 12.5. The van der Waals surface area contributed by atoms with Gasteiger partial charge in [0.15, 0.2) is 0 Å². The van der Waals surface area contributed by atoms with Crippen molar-refractivity contribution in [3.63, 3.8) is 0 Å². The summed E-state index contributed by atoms with van der Waals surface area (Å²) in [5.41, 5.74) is 0. The molecule has 1 atom stereocenters. The normalized spacial score (nSPS) is 13.9. The molecular formula is C12H27NS. The predicted octanol–water partition coefficient (Wildman–Crippen LogP) is 3.40.